The van der Waals surface area contributed by atoms with Gasteiger partial charge >= 0.3 is 11.4 Å². The highest BCUT2D eigenvalue weighted by molar-refractivity contribution is 9.10. The van der Waals surface area contributed by atoms with Gasteiger partial charge in [0.1, 0.15) is 29.4 Å². The predicted molar refractivity (Wildman–Crippen MR) is 136 cm³/mol. The molecule has 2 aliphatic rings. The molecule has 0 saturated heterocycles. The van der Waals surface area contributed by atoms with Crippen LogP contribution in [0.1, 0.15) is 46.6 Å². The molecule has 9 nitrogen and oxygen atoms in total. The Bertz CT molecular complexity index is 1900. The van der Waals surface area contributed by atoms with Gasteiger partial charge in [-0.1, -0.05) is 0 Å². The summed E-state index contributed by atoms with van der Waals surface area (Å²) in [6, 6.07) is 2.57. The van der Waals surface area contributed by atoms with E-state index in [1.165, 1.54) is 6.07 Å². The van der Waals surface area contributed by atoms with E-state index < -0.39 is 86.1 Å². The number of carbonyl (C=O) groups is 1. The van der Waals surface area contributed by atoms with Gasteiger partial charge in [-0.25, -0.2) is 22.2 Å². The molecule has 0 aliphatic heterocycles. The second-order valence-electron chi connectivity index (χ2n) is 10.4. The number of aromatic nitrogens is 4. The first-order chi connectivity index (χ1) is 19.9. The lowest BCUT2D eigenvalue weighted by atomic mass is 10.0. The number of sulfone groups is 1. The van der Waals surface area contributed by atoms with Gasteiger partial charge in [0, 0.05) is 28.3 Å². The zero-order valence-corrected chi connectivity index (χ0v) is 23.9. The first-order valence-electron chi connectivity index (χ1n) is 12.4. The van der Waals surface area contributed by atoms with Crippen molar-refractivity contribution in [1.29, 1.82) is 0 Å². The molecule has 0 bridgehead atoms. The molecule has 1 unspecified atom stereocenters. The van der Waals surface area contributed by atoms with Gasteiger partial charge in [0.05, 0.1) is 11.7 Å². The van der Waals surface area contributed by atoms with E-state index in [2.05, 4.69) is 36.3 Å². The van der Waals surface area contributed by atoms with Gasteiger partial charge in [-0.2, -0.15) is 32.0 Å². The number of halogens is 8. The van der Waals surface area contributed by atoms with Crippen LogP contribution in [0, 0.1) is 17.6 Å². The van der Waals surface area contributed by atoms with Gasteiger partial charge in [-0.05, 0) is 58.5 Å². The average molecular weight is 696 g/mol. The maximum absolute atomic E-state index is 15.0. The van der Waals surface area contributed by atoms with E-state index in [1.807, 2.05) is 0 Å². The molecule has 18 heteroatoms. The standard InChI is InChI=1S/C25H17BrF7N5O4S/c1-43(40,41)23-35-16-7-14(26)19(36-22(16)42-23)15(4-9-2-10(27)5-11(28)3-9)34-17(39)8-38-21-18(20(37-38)25(31,32)33)12-6-13(12)24(21,29)30/h2-3,5,7,12-13,15H,4,6,8H2,1H3,(H,34,39)/t12-,13+,15?/m0/s1. The summed E-state index contributed by atoms with van der Waals surface area (Å²) in [6.45, 7) is -1.04. The first kappa shape index (κ1) is 29.5. The lowest BCUT2D eigenvalue weighted by molar-refractivity contribution is -0.142. The number of carbonyl (C=O) groups excluding carboxylic acids is 1. The van der Waals surface area contributed by atoms with E-state index in [9.17, 15) is 43.9 Å². The van der Waals surface area contributed by atoms with Gasteiger partial charge in [0.25, 0.3) is 5.92 Å². The molecule has 228 valence electrons. The lowest BCUT2D eigenvalue weighted by Gasteiger charge is -2.21. The molecular weight excluding hydrogens is 679 g/mol. The van der Waals surface area contributed by atoms with E-state index in [0.29, 0.717) is 10.7 Å². The summed E-state index contributed by atoms with van der Waals surface area (Å²) < 4.78 is 128. The molecule has 2 aliphatic carbocycles. The minimum Gasteiger partial charge on any atom is -0.409 e. The number of benzene rings is 1. The van der Waals surface area contributed by atoms with Crippen molar-refractivity contribution in [3.63, 3.8) is 0 Å². The molecule has 1 saturated carbocycles. The summed E-state index contributed by atoms with van der Waals surface area (Å²) in [5.41, 5.74) is -3.37. The van der Waals surface area contributed by atoms with Crippen molar-refractivity contribution in [2.24, 2.45) is 5.92 Å². The van der Waals surface area contributed by atoms with Crippen molar-refractivity contribution in [2.45, 2.75) is 48.7 Å². The van der Waals surface area contributed by atoms with Crippen molar-refractivity contribution in [2.75, 3.05) is 6.26 Å². The van der Waals surface area contributed by atoms with Crippen LogP contribution in [0.4, 0.5) is 30.7 Å². The van der Waals surface area contributed by atoms with Gasteiger partial charge in [0.15, 0.2) is 5.69 Å². The highest BCUT2D eigenvalue weighted by Gasteiger charge is 2.68. The summed E-state index contributed by atoms with van der Waals surface area (Å²) in [4.78, 5) is 21.2. The van der Waals surface area contributed by atoms with Gasteiger partial charge < -0.3 is 9.73 Å². The van der Waals surface area contributed by atoms with Crippen LogP contribution in [0.2, 0.25) is 0 Å². The Balaban J connectivity index is 1.37. The zero-order chi connectivity index (χ0) is 31.2. The lowest BCUT2D eigenvalue weighted by Crippen LogP contribution is -2.35. The normalized spacial score (nSPS) is 19.7. The Morgan fingerprint density at radius 1 is 1.19 bits per heavy atom. The number of oxazole rings is 1. The number of hydrogen-bond donors (Lipinski definition) is 1. The molecule has 6 rings (SSSR count). The van der Waals surface area contributed by atoms with Crippen LogP contribution in [-0.2, 0) is 39.7 Å². The number of nitrogens with one attached hydrogen (secondary N) is 1. The highest BCUT2D eigenvalue weighted by atomic mass is 79.9. The Hall–Kier alpha value is -3.54. The predicted octanol–water partition coefficient (Wildman–Crippen LogP) is 5.19. The second kappa shape index (κ2) is 9.73. The SMILES string of the molecule is CS(=O)(=O)c1nc2cc(Br)c(C(Cc3cc(F)cc(F)c3)NC(=O)Cn3nc(C(F)(F)F)c4c3C(F)(F)[C@@H]3C[C@H]43)nc2o1. The third kappa shape index (κ3) is 5.27. The van der Waals surface area contributed by atoms with E-state index in [1.54, 1.807) is 0 Å². The summed E-state index contributed by atoms with van der Waals surface area (Å²) in [7, 11) is -3.88. The third-order valence-corrected chi connectivity index (χ3v) is 8.63. The second-order valence-corrected chi connectivity index (χ2v) is 13.1. The third-order valence-electron chi connectivity index (χ3n) is 7.18. The van der Waals surface area contributed by atoms with Crippen molar-refractivity contribution in [3.05, 3.63) is 68.6 Å². The molecule has 0 spiro atoms. The van der Waals surface area contributed by atoms with Crippen LogP contribution in [0.5, 0.6) is 0 Å². The minimum absolute atomic E-state index is 0.00510. The summed E-state index contributed by atoms with van der Waals surface area (Å²) in [6.07, 6.45) is -4.65. The molecule has 3 heterocycles. The number of amides is 1. The molecule has 0 radical (unpaired) electrons. The van der Waals surface area contributed by atoms with Crippen LogP contribution in [0.15, 0.2) is 38.4 Å². The largest absolute Gasteiger partial charge is 0.435 e. The Labute approximate surface area is 245 Å². The van der Waals surface area contributed by atoms with Gasteiger partial charge in [-0.15, -0.1) is 0 Å². The molecule has 43 heavy (non-hydrogen) atoms. The minimum atomic E-state index is -5.03. The quantitative estimate of drug-likeness (QED) is 0.264. The van der Waals surface area contributed by atoms with E-state index >= 15 is 0 Å². The molecular formula is C25H17BrF7N5O4S. The topological polar surface area (TPSA) is 120 Å². The van der Waals surface area contributed by atoms with Crippen LogP contribution < -0.4 is 5.32 Å². The summed E-state index contributed by atoms with van der Waals surface area (Å²) >= 11 is 3.23. The maximum Gasteiger partial charge on any atom is 0.435 e. The van der Waals surface area contributed by atoms with Crippen LogP contribution in [0.3, 0.4) is 0 Å². The molecule has 4 aromatic rings. The zero-order valence-electron chi connectivity index (χ0n) is 21.5. The number of pyridine rings is 1. The number of rotatable bonds is 7. The van der Waals surface area contributed by atoms with Crippen LogP contribution in [-0.4, -0.2) is 40.3 Å². The van der Waals surface area contributed by atoms with E-state index in [0.717, 1.165) is 18.4 Å². The summed E-state index contributed by atoms with van der Waals surface area (Å²) in [5.74, 6) is -8.90. The van der Waals surface area contributed by atoms with Crippen molar-refractivity contribution in [3.8, 4) is 0 Å². The van der Waals surface area contributed by atoms with Crippen molar-refractivity contribution in [1.82, 2.24) is 25.1 Å². The smallest absolute Gasteiger partial charge is 0.409 e. The van der Waals surface area contributed by atoms with Crippen LogP contribution in [0.25, 0.3) is 11.2 Å². The van der Waals surface area contributed by atoms with E-state index in [4.69, 9.17) is 4.42 Å². The first-order valence-corrected chi connectivity index (χ1v) is 15.1. The number of hydrogen-bond acceptors (Lipinski definition) is 7. The molecule has 1 aromatic carbocycles. The number of fused-ring (bicyclic) bond motifs is 4. The Morgan fingerprint density at radius 3 is 2.49 bits per heavy atom. The summed E-state index contributed by atoms with van der Waals surface area (Å²) in [5, 5.41) is 5.14. The molecule has 1 fully saturated rings. The van der Waals surface area contributed by atoms with E-state index in [-0.39, 0.29) is 39.8 Å². The Kier molecular flexibility index (Phi) is 6.68. The molecule has 3 aromatic heterocycles. The van der Waals surface area contributed by atoms with Gasteiger partial charge in [-0.3, -0.25) is 9.48 Å². The molecule has 1 N–H and O–H groups in total. The maximum atomic E-state index is 15.0. The number of alkyl halides is 5. The monoisotopic (exact) mass is 695 g/mol. The molecule has 3 atom stereocenters. The van der Waals surface area contributed by atoms with Crippen LogP contribution >= 0.6 is 15.9 Å². The van der Waals surface area contributed by atoms with Gasteiger partial charge in [0.2, 0.25) is 21.5 Å². The average Bonchev–Trinajstić information content (AvgIpc) is 3.30. The fourth-order valence-corrected chi connectivity index (χ4v) is 6.46. The van der Waals surface area contributed by atoms with Crippen molar-refractivity contribution >= 4 is 42.9 Å². The fourth-order valence-electron chi connectivity index (χ4n) is 5.39. The Morgan fingerprint density at radius 2 is 1.86 bits per heavy atom. The fraction of sp³-hybridized carbons (Fsp3) is 0.360. The molecule has 1 amide bonds. The van der Waals surface area contributed by atoms with Crippen molar-refractivity contribution < 1.29 is 48.4 Å². The number of nitrogens with zero attached hydrogens (tertiary/aromatic N) is 4. The highest BCUT2D eigenvalue weighted by Crippen LogP contribution is 2.68.